The number of ketones is 1. The lowest BCUT2D eigenvalue weighted by molar-refractivity contribution is -0.123. The molecule has 1 aromatic rings. The Bertz CT molecular complexity index is 515. The zero-order chi connectivity index (χ0) is 12.6. The van der Waals surface area contributed by atoms with Gasteiger partial charge in [-0.05, 0) is 19.8 Å². The highest BCUT2D eigenvalue weighted by atomic mass is 35.5. The summed E-state index contributed by atoms with van der Waals surface area (Å²) in [6, 6.07) is 2.19. The SMILES string of the molecule is Cc1nn(C)c(CC2(C#N)CCCC2=O)c1Cl. The average Bonchev–Trinajstić information content (AvgIpc) is 2.76. The molecule has 0 spiro atoms. The highest BCUT2D eigenvalue weighted by Crippen LogP contribution is 2.39. The third-order valence-electron chi connectivity index (χ3n) is 3.49. The first-order valence-corrected chi connectivity index (χ1v) is 6.00. The highest BCUT2D eigenvalue weighted by molar-refractivity contribution is 6.31. The smallest absolute Gasteiger partial charge is 0.153 e. The van der Waals surface area contributed by atoms with Crippen LogP contribution in [0.25, 0.3) is 0 Å². The molecule has 0 N–H and O–H groups in total. The Morgan fingerprint density at radius 2 is 2.35 bits per heavy atom. The van der Waals surface area contributed by atoms with Gasteiger partial charge in [-0.3, -0.25) is 9.48 Å². The fourth-order valence-corrected chi connectivity index (χ4v) is 2.66. The second kappa shape index (κ2) is 4.15. The zero-order valence-electron chi connectivity index (χ0n) is 9.96. The van der Waals surface area contributed by atoms with Crippen molar-refractivity contribution in [1.82, 2.24) is 9.78 Å². The summed E-state index contributed by atoms with van der Waals surface area (Å²) >= 11 is 6.16. The summed E-state index contributed by atoms with van der Waals surface area (Å²) in [7, 11) is 1.79. The van der Waals surface area contributed by atoms with Crippen LogP contribution in [0.15, 0.2) is 0 Å². The van der Waals surface area contributed by atoms with Gasteiger partial charge in [-0.15, -0.1) is 0 Å². The van der Waals surface area contributed by atoms with Crippen LogP contribution in [0.3, 0.4) is 0 Å². The minimum absolute atomic E-state index is 0.0370. The average molecular weight is 252 g/mol. The maximum atomic E-state index is 11.9. The summed E-state index contributed by atoms with van der Waals surface area (Å²) < 4.78 is 1.67. The zero-order valence-corrected chi connectivity index (χ0v) is 10.7. The monoisotopic (exact) mass is 251 g/mol. The molecule has 4 nitrogen and oxygen atoms in total. The van der Waals surface area contributed by atoms with Crippen molar-refractivity contribution >= 4 is 17.4 Å². The van der Waals surface area contributed by atoms with E-state index >= 15 is 0 Å². The standard InChI is InChI=1S/C12H14ClN3O/c1-8-11(13)9(16(2)15-8)6-12(7-14)5-3-4-10(12)17/h3-6H2,1-2H3. The molecule has 0 aliphatic heterocycles. The van der Waals surface area contributed by atoms with Crippen molar-refractivity contribution in [3.63, 3.8) is 0 Å². The van der Waals surface area contributed by atoms with Crippen LogP contribution in [0.1, 0.15) is 30.7 Å². The summed E-state index contributed by atoms with van der Waals surface area (Å²) in [5.74, 6) is 0.0370. The van der Waals surface area contributed by atoms with E-state index in [2.05, 4.69) is 11.2 Å². The normalized spacial score (nSPS) is 24.0. The third-order valence-corrected chi connectivity index (χ3v) is 3.98. The van der Waals surface area contributed by atoms with Crippen molar-refractivity contribution in [2.24, 2.45) is 12.5 Å². The first kappa shape index (κ1) is 12.1. The second-order valence-corrected chi connectivity index (χ2v) is 5.00. The fraction of sp³-hybridized carbons (Fsp3) is 0.583. The van der Waals surface area contributed by atoms with Gasteiger partial charge in [0, 0.05) is 19.9 Å². The Labute approximate surface area is 105 Å². The molecule has 0 radical (unpaired) electrons. The van der Waals surface area contributed by atoms with Gasteiger partial charge in [-0.1, -0.05) is 11.6 Å². The molecule has 90 valence electrons. The van der Waals surface area contributed by atoms with Crippen molar-refractivity contribution in [3.05, 3.63) is 16.4 Å². The molecule has 0 bridgehead atoms. The van der Waals surface area contributed by atoms with E-state index in [1.54, 1.807) is 11.7 Å². The van der Waals surface area contributed by atoms with Crippen LogP contribution in [0, 0.1) is 23.7 Å². The van der Waals surface area contributed by atoms with Gasteiger partial charge < -0.3 is 0 Å². The Morgan fingerprint density at radius 3 is 2.76 bits per heavy atom. The fourth-order valence-electron chi connectivity index (χ4n) is 2.43. The highest BCUT2D eigenvalue weighted by Gasteiger charge is 2.43. The summed E-state index contributed by atoms with van der Waals surface area (Å²) in [6.07, 6.45) is 2.30. The second-order valence-electron chi connectivity index (χ2n) is 4.62. The van der Waals surface area contributed by atoms with Gasteiger partial charge in [0.1, 0.15) is 5.41 Å². The molecule has 2 rings (SSSR count). The minimum atomic E-state index is -0.885. The lowest BCUT2D eigenvalue weighted by Gasteiger charge is -2.18. The lowest BCUT2D eigenvalue weighted by atomic mass is 9.82. The summed E-state index contributed by atoms with van der Waals surface area (Å²) in [6.45, 7) is 1.82. The first-order valence-electron chi connectivity index (χ1n) is 5.63. The Hall–Kier alpha value is -1.34. The molecule has 1 aliphatic rings. The van der Waals surface area contributed by atoms with E-state index in [4.69, 9.17) is 11.6 Å². The number of carbonyl (C=O) groups is 1. The van der Waals surface area contributed by atoms with Crippen LogP contribution >= 0.6 is 11.6 Å². The maximum Gasteiger partial charge on any atom is 0.153 e. The molecular formula is C12H14ClN3O. The van der Waals surface area contributed by atoms with Gasteiger partial charge in [-0.25, -0.2) is 0 Å². The molecular weight excluding hydrogens is 238 g/mol. The van der Waals surface area contributed by atoms with Crippen molar-refractivity contribution < 1.29 is 4.79 Å². The molecule has 17 heavy (non-hydrogen) atoms. The molecule has 0 aromatic carbocycles. The summed E-state index contributed by atoms with van der Waals surface area (Å²) in [4.78, 5) is 11.9. The number of rotatable bonds is 2. The van der Waals surface area contributed by atoms with Gasteiger partial charge in [-0.2, -0.15) is 10.4 Å². The topological polar surface area (TPSA) is 58.7 Å². The van der Waals surface area contributed by atoms with Gasteiger partial charge in [0.15, 0.2) is 5.78 Å². The Kier molecular flexibility index (Phi) is 2.96. The Morgan fingerprint density at radius 1 is 1.65 bits per heavy atom. The number of nitrogens with zero attached hydrogens (tertiary/aromatic N) is 3. The summed E-state index contributed by atoms with van der Waals surface area (Å²) in [5, 5.41) is 14.1. The first-order chi connectivity index (χ1) is 8.00. The molecule has 1 fully saturated rings. The van der Waals surface area contributed by atoms with Crippen LogP contribution < -0.4 is 0 Å². The van der Waals surface area contributed by atoms with E-state index in [-0.39, 0.29) is 5.78 Å². The largest absolute Gasteiger partial charge is 0.298 e. The molecule has 1 aromatic heterocycles. The van der Waals surface area contributed by atoms with Crippen molar-refractivity contribution in [1.29, 1.82) is 5.26 Å². The predicted octanol–water partition coefficient (Wildman–Crippen LogP) is 2.19. The van der Waals surface area contributed by atoms with E-state index in [1.165, 1.54) is 0 Å². The molecule has 5 heteroatoms. The van der Waals surface area contributed by atoms with Crippen molar-refractivity contribution in [2.75, 3.05) is 0 Å². The number of carbonyl (C=O) groups excluding carboxylic acids is 1. The van der Waals surface area contributed by atoms with Gasteiger partial charge in [0.05, 0.1) is 22.5 Å². The number of hydrogen-bond donors (Lipinski definition) is 0. The van der Waals surface area contributed by atoms with Crippen LogP contribution in [0.4, 0.5) is 0 Å². The maximum absolute atomic E-state index is 11.9. The number of aromatic nitrogens is 2. The van der Waals surface area contributed by atoms with E-state index < -0.39 is 5.41 Å². The van der Waals surface area contributed by atoms with Crippen LogP contribution in [0.2, 0.25) is 5.02 Å². The van der Waals surface area contributed by atoms with E-state index in [0.29, 0.717) is 24.3 Å². The minimum Gasteiger partial charge on any atom is -0.298 e. The van der Waals surface area contributed by atoms with E-state index in [1.807, 2.05) is 6.92 Å². The van der Waals surface area contributed by atoms with Gasteiger partial charge >= 0.3 is 0 Å². The number of nitriles is 1. The summed E-state index contributed by atoms with van der Waals surface area (Å²) in [5.41, 5.74) is 0.632. The Balaban J connectivity index is 2.38. The van der Waals surface area contributed by atoms with E-state index in [0.717, 1.165) is 17.8 Å². The quantitative estimate of drug-likeness (QED) is 0.810. The van der Waals surface area contributed by atoms with Crippen LogP contribution in [-0.4, -0.2) is 15.6 Å². The molecule has 0 saturated heterocycles. The molecule has 0 amide bonds. The predicted molar refractivity (Wildman–Crippen MR) is 63.6 cm³/mol. The molecule has 1 aliphatic carbocycles. The number of halogens is 1. The molecule has 1 saturated carbocycles. The van der Waals surface area contributed by atoms with Gasteiger partial charge in [0.2, 0.25) is 0 Å². The van der Waals surface area contributed by atoms with Crippen molar-refractivity contribution in [3.8, 4) is 6.07 Å². The van der Waals surface area contributed by atoms with Crippen LogP contribution in [0.5, 0.6) is 0 Å². The number of Topliss-reactive ketones (excluding diaryl/α,β-unsaturated/α-hetero) is 1. The van der Waals surface area contributed by atoms with E-state index in [9.17, 15) is 10.1 Å². The van der Waals surface area contributed by atoms with Gasteiger partial charge in [0.25, 0.3) is 0 Å². The van der Waals surface area contributed by atoms with Crippen LogP contribution in [-0.2, 0) is 18.3 Å². The third kappa shape index (κ3) is 1.85. The number of aryl methyl sites for hydroxylation is 2. The molecule has 1 heterocycles. The lowest BCUT2D eigenvalue weighted by Crippen LogP contribution is -2.27. The van der Waals surface area contributed by atoms with Crippen molar-refractivity contribution in [2.45, 2.75) is 32.6 Å². The molecule has 1 atom stereocenters. The molecule has 1 unspecified atom stereocenters. The number of hydrogen-bond acceptors (Lipinski definition) is 3.